The van der Waals surface area contributed by atoms with Crippen LogP contribution in [0.3, 0.4) is 0 Å². The minimum Gasteiger partial charge on any atom is -0.465 e. The fourth-order valence-corrected chi connectivity index (χ4v) is 6.23. The Hall–Kier alpha value is -2.71. The smallest absolute Gasteiger partial charge is 0.416 e. The highest BCUT2D eigenvalue weighted by atomic mass is 127. The molecule has 1 aliphatic rings. The maximum absolute atomic E-state index is 13.0. The van der Waals surface area contributed by atoms with Gasteiger partial charge in [-0.25, -0.2) is 24.6 Å². The molecular weight excluding hydrogens is 703 g/mol. The van der Waals surface area contributed by atoms with Crippen LogP contribution in [-0.2, 0) is 30.3 Å². The van der Waals surface area contributed by atoms with E-state index in [1.165, 1.54) is 52.8 Å². The van der Waals surface area contributed by atoms with E-state index >= 15 is 0 Å². The number of likely N-dealkylation sites (N-methyl/N-ethyl adjacent to an activating group) is 1. The number of carbonyl (C=O) groups excluding carboxylic acids is 3. The van der Waals surface area contributed by atoms with E-state index in [4.69, 9.17) is 14.2 Å². The average Bonchev–Trinajstić information content (AvgIpc) is 3.53. The molecular formula is C25H29IN6O8S2. The summed E-state index contributed by atoms with van der Waals surface area (Å²) in [5.41, 5.74) is 1.77. The van der Waals surface area contributed by atoms with E-state index in [9.17, 15) is 24.6 Å². The van der Waals surface area contributed by atoms with Crippen molar-refractivity contribution in [2.24, 2.45) is 0 Å². The van der Waals surface area contributed by atoms with E-state index in [1.807, 2.05) is 24.3 Å². The number of nitrogens with one attached hydrogen (secondary N) is 1. The molecule has 0 aliphatic carbocycles. The molecule has 2 aromatic heterocycles. The molecule has 1 aliphatic heterocycles. The minimum atomic E-state index is -1.63. The van der Waals surface area contributed by atoms with Gasteiger partial charge < -0.3 is 29.7 Å². The van der Waals surface area contributed by atoms with Crippen LogP contribution in [0.15, 0.2) is 36.9 Å². The molecule has 226 valence electrons. The zero-order chi connectivity index (χ0) is 30.2. The van der Waals surface area contributed by atoms with E-state index in [2.05, 4.69) is 42.9 Å². The number of aromatic nitrogens is 4. The first-order chi connectivity index (χ1) is 20.2. The van der Waals surface area contributed by atoms with E-state index < -0.39 is 36.5 Å². The second kappa shape index (κ2) is 15.1. The minimum absolute atomic E-state index is 0.0294. The van der Waals surface area contributed by atoms with Crippen LogP contribution >= 0.6 is 44.2 Å². The number of rotatable bonds is 12. The number of aliphatic hydroxyl groups excluding tert-OH is 2. The third-order valence-corrected chi connectivity index (χ3v) is 9.02. The average molecular weight is 733 g/mol. The first kappa shape index (κ1) is 32.2. The van der Waals surface area contributed by atoms with Crippen LogP contribution in [-0.4, -0.2) is 103 Å². The molecule has 2 amide bonds. The zero-order valence-corrected chi connectivity index (χ0v) is 26.4. The van der Waals surface area contributed by atoms with E-state index in [-0.39, 0.29) is 19.2 Å². The number of anilines is 1. The third kappa shape index (κ3) is 8.01. The molecule has 0 saturated carbocycles. The number of hydrogen-bond acceptors (Lipinski definition) is 14. The van der Waals surface area contributed by atoms with Crippen molar-refractivity contribution in [1.29, 1.82) is 0 Å². The number of carbonyl (C=O) groups is 3. The van der Waals surface area contributed by atoms with Gasteiger partial charge in [-0.15, -0.1) is 0 Å². The van der Waals surface area contributed by atoms with Gasteiger partial charge in [0.25, 0.3) is 5.91 Å². The van der Waals surface area contributed by atoms with Gasteiger partial charge in [-0.2, -0.15) is 0 Å². The molecule has 0 bridgehead atoms. The van der Waals surface area contributed by atoms with Crippen LogP contribution in [0.1, 0.15) is 18.7 Å². The largest absolute Gasteiger partial charge is 0.465 e. The molecule has 0 unspecified atom stereocenters. The quantitative estimate of drug-likeness (QED) is 0.107. The number of hydrogen-bond donors (Lipinski definition) is 3. The Morgan fingerprint density at radius 3 is 2.57 bits per heavy atom. The number of ether oxygens (including phenoxy) is 3. The van der Waals surface area contributed by atoms with Gasteiger partial charge in [0, 0.05) is 35.6 Å². The van der Waals surface area contributed by atoms with Gasteiger partial charge in [0.05, 0.1) is 6.33 Å². The third-order valence-electron chi connectivity index (χ3n) is 6.02. The zero-order valence-electron chi connectivity index (χ0n) is 22.6. The summed E-state index contributed by atoms with van der Waals surface area (Å²) in [6, 6.07) is 7.97. The topological polar surface area (TPSA) is 178 Å². The fraction of sp³-hybridized carbons (Fsp3) is 0.440. The SMILES string of the molecule is CC(=O)OCCSSCCOC(=O)N(C)C(=O)[C@H]1O[C@@H](n2cnc3c(NCc4cccc(I)c4)ncnc32)[C@H](O)[C@@H]1O. The van der Waals surface area contributed by atoms with Crippen LogP contribution in [0.25, 0.3) is 11.2 Å². The standard InChI is InChI=1S/C25H29IN6O8S2/c1-14(33)38-6-8-41-42-9-7-39-25(37)31(2)23(36)20-18(34)19(35)24(40-20)32-13-30-17-21(28-12-29-22(17)32)27-11-15-4-3-5-16(26)10-15/h3-5,10,12-13,18-20,24,34-35H,6-9,11H2,1-2H3,(H,27,28,29)/t18-,19+,20-,24+/m0/s1. The maximum atomic E-state index is 13.0. The van der Waals surface area contributed by atoms with Crippen molar-refractivity contribution in [3.05, 3.63) is 46.1 Å². The maximum Gasteiger partial charge on any atom is 0.416 e. The van der Waals surface area contributed by atoms with Crippen molar-refractivity contribution in [1.82, 2.24) is 24.4 Å². The van der Waals surface area contributed by atoms with E-state index in [0.717, 1.165) is 9.13 Å². The van der Waals surface area contributed by atoms with Crippen LogP contribution in [0.4, 0.5) is 10.6 Å². The van der Waals surface area contributed by atoms with Crippen molar-refractivity contribution < 1.29 is 38.8 Å². The predicted molar refractivity (Wildman–Crippen MR) is 163 cm³/mol. The summed E-state index contributed by atoms with van der Waals surface area (Å²) < 4.78 is 18.2. The molecule has 0 radical (unpaired) electrons. The van der Waals surface area contributed by atoms with E-state index in [0.29, 0.717) is 39.9 Å². The molecule has 17 heteroatoms. The van der Waals surface area contributed by atoms with Gasteiger partial charge >= 0.3 is 12.1 Å². The number of esters is 1. The lowest BCUT2D eigenvalue weighted by molar-refractivity contribution is -0.145. The number of aliphatic hydroxyl groups is 2. The lowest BCUT2D eigenvalue weighted by Crippen LogP contribution is -2.46. The van der Waals surface area contributed by atoms with Crippen LogP contribution in [0, 0.1) is 3.57 Å². The second-order valence-corrected chi connectivity index (χ2v) is 12.9. The summed E-state index contributed by atoms with van der Waals surface area (Å²) in [6.07, 6.45) is -4.10. The van der Waals surface area contributed by atoms with Crippen molar-refractivity contribution >= 4 is 79.1 Å². The summed E-state index contributed by atoms with van der Waals surface area (Å²) in [6.45, 7) is 2.14. The number of imidazole rings is 1. The summed E-state index contributed by atoms with van der Waals surface area (Å²) in [5.74, 6) is 0.262. The molecule has 0 spiro atoms. The first-order valence-electron chi connectivity index (χ1n) is 12.7. The summed E-state index contributed by atoms with van der Waals surface area (Å²) in [5, 5.41) is 24.6. The molecule has 3 aromatic rings. The molecule has 14 nitrogen and oxygen atoms in total. The van der Waals surface area contributed by atoms with Crippen molar-refractivity contribution in [2.45, 2.75) is 38.0 Å². The van der Waals surface area contributed by atoms with Gasteiger partial charge in [-0.1, -0.05) is 33.7 Å². The van der Waals surface area contributed by atoms with Gasteiger partial charge in [0.1, 0.15) is 31.7 Å². The fourth-order valence-electron chi connectivity index (χ4n) is 3.97. The lowest BCUT2D eigenvalue weighted by atomic mass is 10.1. The Bertz CT molecular complexity index is 1410. The Labute approximate surface area is 262 Å². The second-order valence-electron chi connectivity index (χ2n) is 8.95. The molecule has 1 saturated heterocycles. The Morgan fingerprint density at radius 1 is 1.12 bits per heavy atom. The van der Waals surface area contributed by atoms with Crippen LogP contribution in [0.5, 0.6) is 0 Å². The number of fused-ring (bicyclic) bond motifs is 1. The number of nitrogens with zero attached hydrogens (tertiary/aromatic N) is 5. The summed E-state index contributed by atoms with van der Waals surface area (Å²) in [4.78, 5) is 49.8. The highest BCUT2D eigenvalue weighted by Crippen LogP contribution is 2.33. The number of amides is 2. The van der Waals surface area contributed by atoms with Crippen molar-refractivity contribution in [2.75, 3.05) is 37.1 Å². The lowest BCUT2D eigenvalue weighted by Gasteiger charge is -2.20. The first-order valence-corrected chi connectivity index (χ1v) is 16.2. The highest BCUT2D eigenvalue weighted by Gasteiger charge is 2.49. The van der Waals surface area contributed by atoms with Gasteiger partial charge in [-0.05, 0) is 40.3 Å². The monoisotopic (exact) mass is 732 g/mol. The van der Waals surface area contributed by atoms with Gasteiger partial charge in [0.2, 0.25) is 0 Å². The molecule has 1 fully saturated rings. The predicted octanol–water partition coefficient (Wildman–Crippen LogP) is 2.20. The van der Waals surface area contributed by atoms with E-state index in [1.54, 1.807) is 0 Å². The Kier molecular flexibility index (Phi) is 11.6. The Morgan fingerprint density at radius 2 is 1.86 bits per heavy atom. The van der Waals surface area contributed by atoms with Crippen molar-refractivity contribution in [3.63, 3.8) is 0 Å². The molecule has 4 atom stereocenters. The van der Waals surface area contributed by atoms with Crippen LogP contribution < -0.4 is 5.32 Å². The summed E-state index contributed by atoms with van der Waals surface area (Å²) in [7, 11) is 4.07. The van der Waals surface area contributed by atoms with Crippen LogP contribution in [0.2, 0.25) is 0 Å². The molecule has 3 heterocycles. The number of imide groups is 1. The molecule has 4 rings (SSSR count). The highest BCUT2D eigenvalue weighted by molar-refractivity contribution is 14.1. The number of benzene rings is 1. The molecule has 42 heavy (non-hydrogen) atoms. The van der Waals surface area contributed by atoms with Gasteiger partial charge in [0.15, 0.2) is 29.3 Å². The normalized spacial score (nSPS) is 19.9. The number of halogens is 1. The Balaban J connectivity index is 1.33. The van der Waals surface area contributed by atoms with Crippen molar-refractivity contribution in [3.8, 4) is 0 Å². The summed E-state index contributed by atoms with van der Waals surface area (Å²) >= 11 is 2.24. The molecule has 3 N–H and O–H groups in total. The molecule has 1 aromatic carbocycles. The van der Waals surface area contributed by atoms with Gasteiger partial charge in [-0.3, -0.25) is 14.2 Å².